The molecule has 0 saturated carbocycles. The number of carbonyl (C=O) groups excluding carboxylic acids is 1. The SMILES string of the molecule is O=C1c2ccccc2NC(C2CCOC2)N1c1ccc2c(c1)OCO2. The summed E-state index contributed by atoms with van der Waals surface area (Å²) in [6, 6.07) is 13.3. The second-order valence-electron chi connectivity index (χ2n) is 6.47. The van der Waals surface area contributed by atoms with Gasteiger partial charge in [0.25, 0.3) is 5.91 Å². The highest BCUT2D eigenvalue weighted by Crippen LogP contribution is 2.39. The molecule has 3 aliphatic rings. The number of carbonyl (C=O) groups is 1. The number of benzene rings is 2. The van der Waals surface area contributed by atoms with Crippen molar-refractivity contribution in [2.75, 3.05) is 30.2 Å². The number of para-hydroxylation sites is 1. The Bertz CT molecular complexity index is 832. The molecule has 3 aliphatic heterocycles. The average molecular weight is 338 g/mol. The molecule has 5 rings (SSSR count). The predicted octanol–water partition coefficient (Wildman–Crippen LogP) is 2.85. The van der Waals surface area contributed by atoms with E-state index in [-0.39, 0.29) is 24.8 Å². The van der Waals surface area contributed by atoms with Crippen molar-refractivity contribution in [1.29, 1.82) is 0 Å². The zero-order valence-corrected chi connectivity index (χ0v) is 13.6. The Morgan fingerprint density at radius 3 is 2.84 bits per heavy atom. The van der Waals surface area contributed by atoms with Crippen LogP contribution in [0.15, 0.2) is 42.5 Å². The van der Waals surface area contributed by atoms with Gasteiger partial charge in [-0.25, -0.2) is 0 Å². The zero-order chi connectivity index (χ0) is 16.8. The molecule has 1 fully saturated rings. The normalized spacial score (nSPS) is 24.2. The van der Waals surface area contributed by atoms with Crippen LogP contribution in [0.25, 0.3) is 0 Å². The summed E-state index contributed by atoms with van der Waals surface area (Å²) in [6.07, 6.45) is 0.777. The van der Waals surface area contributed by atoms with Crippen molar-refractivity contribution in [3.8, 4) is 11.5 Å². The van der Waals surface area contributed by atoms with E-state index in [9.17, 15) is 4.79 Å². The first kappa shape index (κ1) is 14.6. The molecule has 6 heteroatoms. The highest BCUT2D eigenvalue weighted by molar-refractivity contribution is 6.12. The summed E-state index contributed by atoms with van der Waals surface area (Å²) in [4.78, 5) is 15.1. The molecule has 6 nitrogen and oxygen atoms in total. The average Bonchev–Trinajstić information content (AvgIpc) is 3.33. The van der Waals surface area contributed by atoms with Crippen molar-refractivity contribution in [3.63, 3.8) is 0 Å². The van der Waals surface area contributed by atoms with Crippen LogP contribution in [0.3, 0.4) is 0 Å². The van der Waals surface area contributed by atoms with E-state index in [0.717, 1.165) is 24.4 Å². The standard InChI is InChI=1S/C19H18N2O4/c22-19-14-3-1-2-4-15(14)20-18(12-7-8-23-10-12)21(19)13-5-6-16-17(9-13)25-11-24-16/h1-6,9,12,18,20H,7-8,10-11H2. The van der Waals surface area contributed by atoms with E-state index >= 15 is 0 Å². The second-order valence-corrected chi connectivity index (χ2v) is 6.47. The van der Waals surface area contributed by atoms with Crippen LogP contribution < -0.4 is 19.7 Å². The van der Waals surface area contributed by atoms with Gasteiger partial charge >= 0.3 is 0 Å². The summed E-state index contributed by atoms with van der Waals surface area (Å²) in [7, 11) is 0. The molecule has 0 bridgehead atoms. The van der Waals surface area contributed by atoms with Gasteiger partial charge < -0.3 is 19.5 Å². The number of anilines is 2. The van der Waals surface area contributed by atoms with E-state index in [2.05, 4.69) is 5.32 Å². The van der Waals surface area contributed by atoms with Gasteiger partial charge in [-0.1, -0.05) is 12.1 Å². The van der Waals surface area contributed by atoms with Crippen molar-refractivity contribution < 1.29 is 19.0 Å². The third kappa shape index (κ3) is 2.33. The summed E-state index contributed by atoms with van der Waals surface area (Å²) >= 11 is 0. The molecule has 2 atom stereocenters. The van der Waals surface area contributed by atoms with E-state index in [1.807, 2.05) is 47.4 Å². The van der Waals surface area contributed by atoms with E-state index in [4.69, 9.17) is 14.2 Å². The van der Waals surface area contributed by atoms with Crippen LogP contribution in [0.5, 0.6) is 11.5 Å². The Morgan fingerprint density at radius 1 is 1.08 bits per heavy atom. The largest absolute Gasteiger partial charge is 0.454 e. The molecule has 2 aromatic carbocycles. The Balaban J connectivity index is 1.59. The lowest BCUT2D eigenvalue weighted by molar-refractivity contribution is 0.0963. The van der Waals surface area contributed by atoms with Crippen LogP contribution in [0, 0.1) is 5.92 Å². The summed E-state index contributed by atoms with van der Waals surface area (Å²) in [5.41, 5.74) is 2.35. The number of fused-ring (bicyclic) bond motifs is 2. The summed E-state index contributed by atoms with van der Waals surface area (Å²) in [5, 5.41) is 3.54. The summed E-state index contributed by atoms with van der Waals surface area (Å²) in [6.45, 7) is 1.59. The van der Waals surface area contributed by atoms with E-state index in [1.165, 1.54) is 0 Å². The first-order chi connectivity index (χ1) is 12.3. The molecule has 0 aliphatic carbocycles. The van der Waals surface area contributed by atoms with Crippen molar-refractivity contribution in [1.82, 2.24) is 0 Å². The van der Waals surface area contributed by atoms with Crippen LogP contribution in [0.1, 0.15) is 16.8 Å². The Labute approximate surface area is 145 Å². The van der Waals surface area contributed by atoms with Crippen LogP contribution in [-0.4, -0.2) is 32.1 Å². The van der Waals surface area contributed by atoms with Gasteiger partial charge in [0.15, 0.2) is 11.5 Å². The number of hydrogen-bond acceptors (Lipinski definition) is 5. The molecule has 0 spiro atoms. The maximum atomic E-state index is 13.3. The number of rotatable bonds is 2. The minimum atomic E-state index is -0.148. The Kier molecular flexibility index (Phi) is 3.31. The molecule has 1 N–H and O–H groups in total. The maximum absolute atomic E-state index is 13.3. The smallest absolute Gasteiger partial charge is 0.262 e. The number of hydrogen-bond donors (Lipinski definition) is 1. The molecule has 2 aromatic rings. The number of nitrogens with zero attached hydrogens (tertiary/aromatic N) is 1. The van der Waals surface area contributed by atoms with Gasteiger partial charge in [0.1, 0.15) is 6.17 Å². The van der Waals surface area contributed by atoms with Crippen molar-refractivity contribution in [3.05, 3.63) is 48.0 Å². The lowest BCUT2D eigenvalue weighted by Crippen LogP contribution is -2.53. The maximum Gasteiger partial charge on any atom is 0.262 e. The van der Waals surface area contributed by atoms with Gasteiger partial charge in [0, 0.05) is 24.3 Å². The van der Waals surface area contributed by atoms with Crippen LogP contribution in [-0.2, 0) is 4.74 Å². The fraction of sp³-hybridized carbons (Fsp3) is 0.316. The molecule has 1 amide bonds. The van der Waals surface area contributed by atoms with Crippen LogP contribution in [0.2, 0.25) is 0 Å². The third-order valence-electron chi connectivity index (χ3n) is 5.00. The molecule has 2 unspecified atom stereocenters. The van der Waals surface area contributed by atoms with Crippen molar-refractivity contribution in [2.24, 2.45) is 5.92 Å². The number of amides is 1. The molecule has 0 aromatic heterocycles. The van der Waals surface area contributed by atoms with Crippen LogP contribution in [0.4, 0.5) is 11.4 Å². The van der Waals surface area contributed by atoms with E-state index < -0.39 is 0 Å². The number of nitrogens with one attached hydrogen (secondary N) is 1. The topological polar surface area (TPSA) is 60.0 Å². The Morgan fingerprint density at radius 2 is 1.96 bits per heavy atom. The summed E-state index contributed by atoms with van der Waals surface area (Å²) in [5.74, 6) is 1.61. The quantitative estimate of drug-likeness (QED) is 0.912. The lowest BCUT2D eigenvalue weighted by atomic mass is 9.98. The van der Waals surface area contributed by atoms with Gasteiger partial charge in [-0.3, -0.25) is 9.69 Å². The van der Waals surface area contributed by atoms with E-state index in [1.54, 1.807) is 0 Å². The molecular formula is C19H18N2O4. The number of ether oxygens (including phenoxy) is 3. The minimum Gasteiger partial charge on any atom is -0.454 e. The van der Waals surface area contributed by atoms with Crippen molar-refractivity contribution in [2.45, 2.75) is 12.6 Å². The van der Waals surface area contributed by atoms with Gasteiger partial charge in [-0.2, -0.15) is 0 Å². The van der Waals surface area contributed by atoms with Crippen LogP contribution >= 0.6 is 0 Å². The van der Waals surface area contributed by atoms with Gasteiger partial charge in [-0.15, -0.1) is 0 Å². The minimum absolute atomic E-state index is 0.00915. The highest BCUT2D eigenvalue weighted by Gasteiger charge is 2.39. The Hall–Kier alpha value is -2.73. The molecular weight excluding hydrogens is 320 g/mol. The monoisotopic (exact) mass is 338 g/mol. The zero-order valence-electron chi connectivity index (χ0n) is 13.6. The van der Waals surface area contributed by atoms with Gasteiger partial charge in [0.2, 0.25) is 6.79 Å². The molecule has 3 heterocycles. The molecule has 0 radical (unpaired) electrons. The first-order valence-electron chi connectivity index (χ1n) is 8.48. The fourth-order valence-corrected chi connectivity index (χ4v) is 3.72. The second kappa shape index (κ2) is 5.67. The molecule has 128 valence electrons. The van der Waals surface area contributed by atoms with Gasteiger partial charge in [0.05, 0.1) is 17.9 Å². The third-order valence-corrected chi connectivity index (χ3v) is 5.00. The summed E-state index contributed by atoms with van der Waals surface area (Å²) < 4.78 is 16.4. The van der Waals surface area contributed by atoms with Crippen molar-refractivity contribution >= 4 is 17.3 Å². The molecule has 1 saturated heterocycles. The fourth-order valence-electron chi connectivity index (χ4n) is 3.72. The lowest BCUT2D eigenvalue weighted by Gasteiger charge is -2.40. The predicted molar refractivity (Wildman–Crippen MR) is 92.2 cm³/mol. The highest BCUT2D eigenvalue weighted by atomic mass is 16.7. The first-order valence-corrected chi connectivity index (χ1v) is 8.48. The van der Waals surface area contributed by atoms with E-state index in [0.29, 0.717) is 23.7 Å². The molecule has 25 heavy (non-hydrogen) atoms. The van der Waals surface area contributed by atoms with Gasteiger partial charge in [-0.05, 0) is 30.7 Å².